The van der Waals surface area contributed by atoms with Crippen molar-refractivity contribution in [2.75, 3.05) is 44.0 Å². The molecule has 10 heteroatoms. The smallest absolute Gasteiger partial charge is 0.233 e. The molecule has 2 fully saturated rings. The number of nitrogens with zero attached hydrogens (tertiary/aromatic N) is 2. The van der Waals surface area contributed by atoms with Crippen molar-refractivity contribution in [3.05, 3.63) is 35.5 Å². The van der Waals surface area contributed by atoms with Crippen LogP contribution >= 0.6 is 11.6 Å². The Balaban J connectivity index is 1.35. The SMILES string of the molecule is CNC(=O)CNC1CCC(Nc2cc(-c3cccc(NCC4(N)CCOCC4)n3)c(Cl)cn2)CC1. The first-order valence-corrected chi connectivity index (χ1v) is 12.8. The van der Waals surface area contributed by atoms with Gasteiger partial charge in [-0.05, 0) is 56.7 Å². The Labute approximate surface area is 212 Å². The average molecular weight is 502 g/mol. The number of aromatic nitrogens is 2. The van der Waals surface area contributed by atoms with Crippen molar-refractivity contribution in [3.8, 4) is 11.3 Å². The van der Waals surface area contributed by atoms with Crippen LogP contribution in [0.15, 0.2) is 30.5 Å². The molecule has 9 nitrogen and oxygen atoms in total. The van der Waals surface area contributed by atoms with E-state index in [9.17, 15) is 4.79 Å². The highest BCUT2D eigenvalue weighted by atomic mass is 35.5. The lowest BCUT2D eigenvalue weighted by atomic mass is 9.91. The summed E-state index contributed by atoms with van der Waals surface area (Å²) in [5.74, 6) is 1.57. The van der Waals surface area contributed by atoms with Crippen LogP contribution in [0.3, 0.4) is 0 Å². The molecule has 2 aliphatic rings. The molecule has 0 spiro atoms. The lowest BCUT2D eigenvalue weighted by molar-refractivity contribution is -0.119. The second kappa shape index (κ2) is 12.0. The lowest BCUT2D eigenvalue weighted by Gasteiger charge is -2.33. The van der Waals surface area contributed by atoms with Crippen molar-refractivity contribution in [2.24, 2.45) is 5.73 Å². The van der Waals surface area contributed by atoms with Crippen LogP contribution < -0.4 is 27.0 Å². The molecular weight excluding hydrogens is 466 g/mol. The Hall–Kier alpha value is -2.46. The number of anilines is 2. The summed E-state index contributed by atoms with van der Waals surface area (Å²) in [6.45, 7) is 2.40. The molecule has 1 saturated carbocycles. The third-order valence-corrected chi connectivity index (χ3v) is 7.20. The molecule has 1 saturated heterocycles. The predicted molar refractivity (Wildman–Crippen MR) is 140 cm³/mol. The molecule has 35 heavy (non-hydrogen) atoms. The van der Waals surface area contributed by atoms with Gasteiger partial charge in [-0.3, -0.25) is 4.79 Å². The van der Waals surface area contributed by atoms with Crippen LogP contribution in [0.1, 0.15) is 38.5 Å². The van der Waals surface area contributed by atoms with E-state index in [2.05, 4.69) is 26.3 Å². The van der Waals surface area contributed by atoms with Gasteiger partial charge in [0.05, 0.1) is 17.3 Å². The molecule has 190 valence electrons. The van der Waals surface area contributed by atoms with Gasteiger partial charge in [0.2, 0.25) is 5.91 Å². The Bertz CT molecular complexity index is 992. The molecular formula is C25H36ClN7O2. The van der Waals surface area contributed by atoms with Gasteiger partial charge in [0, 0.05) is 56.2 Å². The summed E-state index contributed by atoms with van der Waals surface area (Å²) in [7, 11) is 1.66. The largest absolute Gasteiger partial charge is 0.381 e. The number of amides is 1. The lowest BCUT2D eigenvalue weighted by Crippen LogP contribution is -2.50. The van der Waals surface area contributed by atoms with Gasteiger partial charge in [0.1, 0.15) is 11.6 Å². The molecule has 6 N–H and O–H groups in total. The Kier molecular flexibility index (Phi) is 8.78. The molecule has 2 aromatic heterocycles. The second-order valence-corrected chi connectivity index (χ2v) is 9.94. The molecule has 0 atom stereocenters. The third kappa shape index (κ3) is 7.27. The van der Waals surface area contributed by atoms with E-state index in [1.807, 2.05) is 24.3 Å². The summed E-state index contributed by atoms with van der Waals surface area (Å²) in [6, 6.07) is 8.52. The van der Waals surface area contributed by atoms with Gasteiger partial charge in [-0.25, -0.2) is 9.97 Å². The fourth-order valence-corrected chi connectivity index (χ4v) is 4.79. The number of hydrogen-bond acceptors (Lipinski definition) is 8. The molecule has 0 aromatic carbocycles. The Morgan fingerprint density at radius 3 is 2.66 bits per heavy atom. The van der Waals surface area contributed by atoms with Crippen molar-refractivity contribution in [1.82, 2.24) is 20.6 Å². The number of pyridine rings is 2. The van der Waals surface area contributed by atoms with Crippen molar-refractivity contribution in [2.45, 2.75) is 56.1 Å². The Morgan fingerprint density at radius 1 is 1.17 bits per heavy atom. The van der Waals surface area contributed by atoms with Gasteiger partial charge < -0.3 is 31.7 Å². The fraction of sp³-hybridized carbons (Fsp3) is 0.560. The van der Waals surface area contributed by atoms with Gasteiger partial charge in [-0.1, -0.05) is 17.7 Å². The van der Waals surface area contributed by atoms with Gasteiger partial charge in [-0.2, -0.15) is 0 Å². The number of ether oxygens (including phenoxy) is 1. The molecule has 0 bridgehead atoms. The molecule has 4 rings (SSSR count). The van der Waals surface area contributed by atoms with E-state index in [1.54, 1.807) is 13.2 Å². The maximum Gasteiger partial charge on any atom is 0.233 e. The summed E-state index contributed by atoms with van der Waals surface area (Å²) in [4.78, 5) is 20.7. The quantitative estimate of drug-likeness (QED) is 0.355. The number of halogens is 1. The van der Waals surface area contributed by atoms with E-state index >= 15 is 0 Å². The van der Waals surface area contributed by atoms with Crippen LogP contribution in [-0.4, -0.2) is 66.8 Å². The minimum atomic E-state index is -0.279. The maximum atomic E-state index is 11.5. The zero-order chi connectivity index (χ0) is 24.7. The molecule has 1 aliphatic carbocycles. The summed E-state index contributed by atoms with van der Waals surface area (Å²) in [6.07, 6.45) is 7.38. The highest BCUT2D eigenvalue weighted by molar-refractivity contribution is 6.33. The number of carbonyl (C=O) groups excluding carboxylic acids is 1. The van der Waals surface area contributed by atoms with Gasteiger partial charge >= 0.3 is 0 Å². The normalized spacial score (nSPS) is 21.8. The summed E-state index contributed by atoms with van der Waals surface area (Å²) in [5, 5.41) is 13.5. The van der Waals surface area contributed by atoms with E-state index in [-0.39, 0.29) is 11.4 Å². The minimum absolute atomic E-state index is 0.0159. The first kappa shape index (κ1) is 25.6. The van der Waals surface area contributed by atoms with Crippen molar-refractivity contribution >= 4 is 29.1 Å². The molecule has 3 heterocycles. The molecule has 2 aromatic rings. The first-order valence-electron chi connectivity index (χ1n) is 12.4. The minimum Gasteiger partial charge on any atom is -0.381 e. The average Bonchev–Trinajstić information content (AvgIpc) is 2.88. The number of nitrogens with one attached hydrogen (secondary N) is 4. The predicted octanol–water partition coefficient (Wildman–Crippen LogP) is 2.78. The summed E-state index contributed by atoms with van der Waals surface area (Å²) in [5.41, 5.74) is 7.84. The van der Waals surface area contributed by atoms with Gasteiger partial charge in [0.25, 0.3) is 0 Å². The van der Waals surface area contributed by atoms with E-state index in [4.69, 9.17) is 27.1 Å². The van der Waals surface area contributed by atoms with Crippen LogP contribution in [0.25, 0.3) is 11.3 Å². The topological polar surface area (TPSA) is 126 Å². The molecule has 1 amide bonds. The van der Waals surface area contributed by atoms with Crippen molar-refractivity contribution < 1.29 is 9.53 Å². The Morgan fingerprint density at radius 2 is 1.91 bits per heavy atom. The fourth-order valence-electron chi connectivity index (χ4n) is 4.59. The number of likely N-dealkylation sites (N-methyl/N-ethyl adjacent to an activating group) is 1. The highest BCUT2D eigenvalue weighted by Gasteiger charge is 2.28. The van der Waals surface area contributed by atoms with Crippen molar-refractivity contribution in [3.63, 3.8) is 0 Å². The molecule has 0 radical (unpaired) electrons. The number of rotatable bonds is 9. The van der Waals surface area contributed by atoms with Gasteiger partial charge in [0.15, 0.2) is 0 Å². The number of carbonyl (C=O) groups is 1. The van der Waals surface area contributed by atoms with E-state index < -0.39 is 0 Å². The highest BCUT2D eigenvalue weighted by Crippen LogP contribution is 2.30. The monoisotopic (exact) mass is 501 g/mol. The van der Waals surface area contributed by atoms with Crippen LogP contribution in [-0.2, 0) is 9.53 Å². The van der Waals surface area contributed by atoms with Crippen LogP contribution in [0.5, 0.6) is 0 Å². The standard InChI is InChI=1S/C25H36ClN7O2/c1-28-24(34)15-29-17-5-7-18(8-6-17)32-23-13-19(20(26)14-30-23)21-3-2-4-22(33-21)31-16-25(27)9-11-35-12-10-25/h2-4,13-14,17-18,29H,5-12,15-16,27H2,1H3,(H,28,34)(H,30,32)(H,31,33). The van der Waals surface area contributed by atoms with E-state index in [0.717, 1.165) is 61.4 Å². The zero-order valence-corrected chi connectivity index (χ0v) is 21.0. The van der Waals surface area contributed by atoms with Gasteiger partial charge in [-0.15, -0.1) is 0 Å². The zero-order valence-electron chi connectivity index (χ0n) is 20.3. The maximum absolute atomic E-state index is 11.5. The van der Waals surface area contributed by atoms with E-state index in [0.29, 0.717) is 43.4 Å². The van der Waals surface area contributed by atoms with Crippen molar-refractivity contribution in [1.29, 1.82) is 0 Å². The molecule has 0 unspecified atom stereocenters. The third-order valence-electron chi connectivity index (χ3n) is 6.90. The number of hydrogen-bond donors (Lipinski definition) is 5. The van der Waals surface area contributed by atoms with Crippen LogP contribution in [0, 0.1) is 0 Å². The summed E-state index contributed by atoms with van der Waals surface area (Å²) >= 11 is 6.51. The second-order valence-electron chi connectivity index (χ2n) is 9.53. The molecule has 1 aliphatic heterocycles. The van der Waals surface area contributed by atoms with E-state index in [1.165, 1.54) is 0 Å². The number of nitrogens with two attached hydrogens (primary N) is 1. The first-order chi connectivity index (χ1) is 16.9. The van der Waals surface area contributed by atoms with Crippen LogP contribution in [0.2, 0.25) is 5.02 Å². The summed E-state index contributed by atoms with van der Waals surface area (Å²) < 4.78 is 5.43. The van der Waals surface area contributed by atoms with Crippen LogP contribution in [0.4, 0.5) is 11.6 Å².